The fourth-order valence-electron chi connectivity index (χ4n) is 2.28. The number of halogens is 1. The van der Waals surface area contributed by atoms with Crippen LogP contribution in [0.2, 0.25) is 5.02 Å². The van der Waals surface area contributed by atoms with Crippen molar-refractivity contribution in [3.8, 4) is 0 Å². The molecule has 0 radical (unpaired) electrons. The Kier molecular flexibility index (Phi) is 3.36. The lowest BCUT2D eigenvalue weighted by Gasteiger charge is -2.01. The van der Waals surface area contributed by atoms with E-state index in [0.29, 0.717) is 11.6 Å². The highest BCUT2D eigenvalue weighted by Crippen LogP contribution is 2.31. The minimum absolute atomic E-state index is 0.231. The van der Waals surface area contributed by atoms with Crippen LogP contribution in [0, 0.1) is 0 Å². The molecule has 0 unspecified atom stereocenters. The lowest BCUT2D eigenvalue weighted by molar-refractivity contribution is -0.142. The smallest absolute Gasteiger partial charge is 0.310 e. The summed E-state index contributed by atoms with van der Waals surface area (Å²) in [5, 5.41) is 2.65. The largest absolute Gasteiger partial charge is 0.466 e. The predicted octanol–water partition coefficient (Wildman–Crippen LogP) is 4.35. The number of carbonyl (C=O) groups excluding carboxylic acids is 1. The monoisotopic (exact) mass is 288 g/mol. The SMILES string of the molecule is CCOC(=O)Cc1ccc2c(c1)oc1ccc(Cl)cc12. The molecule has 0 spiro atoms. The van der Waals surface area contributed by atoms with Gasteiger partial charge in [0.2, 0.25) is 0 Å². The summed E-state index contributed by atoms with van der Waals surface area (Å²) in [7, 11) is 0. The molecule has 0 N–H and O–H groups in total. The van der Waals surface area contributed by atoms with Crippen LogP contribution in [0.4, 0.5) is 0 Å². The van der Waals surface area contributed by atoms with E-state index in [-0.39, 0.29) is 12.4 Å². The number of hydrogen-bond acceptors (Lipinski definition) is 3. The highest BCUT2D eigenvalue weighted by molar-refractivity contribution is 6.31. The Labute approximate surface area is 121 Å². The van der Waals surface area contributed by atoms with Gasteiger partial charge in [-0.05, 0) is 36.8 Å². The molecule has 102 valence electrons. The molecule has 0 fully saturated rings. The normalized spacial score (nSPS) is 11.1. The number of hydrogen-bond donors (Lipinski definition) is 0. The fourth-order valence-corrected chi connectivity index (χ4v) is 2.45. The van der Waals surface area contributed by atoms with Crippen LogP contribution in [0.15, 0.2) is 40.8 Å². The van der Waals surface area contributed by atoms with E-state index >= 15 is 0 Å². The number of benzene rings is 2. The maximum Gasteiger partial charge on any atom is 0.310 e. The summed E-state index contributed by atoms with van der Waals surface area (Å²) in [5.41, 5.74) is 2.42. The number of furan rings is 1. The number of esters is 1. The molecular formula is C16H13ClO3. The van der Waals surface area contributed by atoms with Gasteiger partial charge in [-0.1, -0.05) is 23.7 Å². The van der Waals surface area contributed by atoms with Crippen molar-refractivity contribution in [2.45, 2.75) is 13.3 Å². The molecule has 3 rings (SSSR count). The van der Waals surface area contributed by atoms with Crippen molar-refractivity contribution in [2.75, 3.05) is 6.61 Å². The second-order valence-corrected chi connectivity index (χ2v) is 4.99. The first-order chi connectivity index (χ1) is 9.67. The van der Waals surface area contributed by atoms with Crippen molar-refractivity contribution in [3.63, 3.8) is 0 Å². The number of ether oxygens (including phenoxy) is 1. The Morgan fingerprint density at radius 3 is 2.80 bits per heavy atom. The van der Waals surface area contributed by atoms with Crippen molar-refractivity contribution < 1.29 is 13.9 Å². The molecule has 0 aliphatic carbocycles. The quantitative estimate of drug-likeness (QED) is 0.673. The maximum atomic E-state index is 11.5. The predicted molar refractivity (Wildman–Crippen MR) is 79.1 cm³/mol. The molecule has 0 aliphatic heterocycles. The van der Waals surface area contributed by atoms with Gasteiger partial charge >= 0.3 is 5.97 Å². The van der Waals surface area contributed by atoms with E-state index in [9.17, 15) is 4.79 Å². The van der Waals surface area contributed by atoms with Crippen molar-refractivity contribution in [1.82, 2.24) is 0 Å². The zero-order valence-electron chi connectivity index (χ0n) is 11.0. The minimum Gasteiger partial charge on any atom is -0.466 e. The van der Waals surface area contributed by atoms with E-state index in [1.807, 2.05) is 30.3 Å². The third-order valence-corrected chi connectivity index (χ3v) is 3.39. The van der Waals surface area contributed by atoms with Crippen molar-refractivity contribution in [2.24, 2.45) is 0 Å². The van der Waals surface area contributed by atoms with Crippen LogP contribution in [0.3, 0.4) is 0 Å². The summed E-state index contributed by atoms with van der Waals surface area (Å²) < 4.78 is 10.7. The zero-order chi connectivity index (χ0) is 14.1. The van der Waals surface area contributed by atoms with Gasteiger partial charge < -0.3 is 9.15 Å². The Morgan fingerprint density at radius 2 is 2.00 bits per heavy atom. The summed E-state index contributed by atoms with van der Waals surface area (Å²) in [4.78, 5) is 11.5. The van der Waals surface area contributed by atoms with E-state index in [1.54, 1.807) is 13.0 Å². The van der Waals surface area contributed by atoms with Gasteiger partial charge in [0.1, 0.15) is 11.2 Å². The van der Waals surface area contributed by atoms with Gasteiger partial charge in [-0.2, -0.15) is 0 Å². The molecule has 3 aromatic rings. The topological polar surface area (TPSA) is 39.4 Å². The lowest BCUT2D eigenvalue weighted by atomic mass is 10.1. The molecule has 0 aliphatic rings. The van der Waals surface area contributed by atoms with Crippen molar-refractivity contribution in [1.29, 1.82) is 0 Å². The van der Waals surface area contributed by atoms with Crippen LogP contribution in [-0.4, -0.2) is 12.6 Å². The second-order valence-electron chi connectivity index (χ2n) is 4.55. The minimum atomic E-state index is -0.231. The summed E-state index contributed by atoms with van der Waals surface area (Å²) in [6, 6.07) is 11.3. The Hall–Kier alpha value is -2.00. The molecule has 4 heteroatoms. The first kappa shape index (κ1) is 13.0. The van der Waals surface area contributed by atoms with E-state index in [2.05, 4.69) is 0 Å². The van der Waals surface area contributed by atoms with Gasteiger partial charge in [-0.3, -0.25) is 4.79 Å². The highest BCUT2D eigenvalue weighted by Gasteiger charge is 2.10. The van der Waals surface area contributed by atoms with Gasteiger partial charge in [0.25, 0.3) is 0 Å². The zero-order valence-corrected chi connectivity index (χ0v) is 11.7. The van der Waals surface area contributed by atoms with Crippen molar-refractivity contribution >= 4 is 39.5 Å². The Morgan fingerprint density at radius 1 is 1.15 bits per heavy atom. The van der Waals surface area contributed by atoms with Gasteiger partial charge in [0.05, 0.1) is 13.0 Å². The number of rotatable bonds is 3. The van der Waals surface area contributed by atoms with E-state index in [4.69, 9.17) is 20.8 Å². The molecule has 1 aromatic heterocycles. The molecule has 0 saturated heterocycles. The summed E-state index contributed by atoms with van der Waals surface area (Å²) in [5.74, 6) is -0.231. The van der Waals surface area contributed by atoms with Crippen LogP contribution in [0.25, 0.3) is 21.9 Å². The third-order valence-electron chi connectivity index (χ3n) is 3.15. The second kappa shape index (κ2) is 5.17. The van der Waals surface area contributed by atoms with E-state index < -0.39 is 0 Å². The first-order valence-electron chi connectivity index (χ1n) is 6.43. The van der Waals surface area contributed by atoms with Crippen LogP contribution >= 0.6 is 11.6 Å². The van der Waals surface area contributed by atoms with Gasteiger partial charge in [0.15, 0.2) is 0 Å². The van der Waals surface area contributed by atoms with Crippen LogP contribution in [0.1, 0.15) is 12.5 Å². The lowest BCUT2D eigenvalue weighted by Crippen LogP contribution is -2.07. The van der Waals surface area contributed by atoms with E-state index in [0.717, 1.165) is 27.5 Å². The number of carbonyl (C=O) groups is 1. The Bertz CT molecular complexity index is 789. The Balaban J connectivity index is 2.03. The molecule has 1 heterocycles. The third kappa shape index (κ3) is 2.37. The molecule has 2 aromatic carbocycles. The average molecular weight is 289 g/mol. The molecule has 0 amide bonds. The highest BCUT2D eigenvalue weighted by atomic mass is 35.5. The molecule has 20 heavy (non-hydrogen) atoms. The molecule has 3 nitrogen and oxygen atoms in total. The number of fused-ring (bicyclic) bond motifs is 3. The summed E-state index contributed by atoms with van der Waals surface area (Å²) in [6.07, 6.45) is 0.252. The van der Waals surface area contributed by atoms with Gasteiger partial charge in [0, 0.05) is 15.8 Å². The van der Waals surface area contributed by atoms with Crippen LogP contribution < -0.4 is 0 Å². The van der Waals surface area contributed by atoms with Crippen LogP contribution in [-0.2, 0) is 16.0 Å². The first-order valence-corrected chi connectivity index (χ1v) is 6.81. The summed E-state index contributed by atoms with van der Waals surface area (Å²) in [6.45, 7) is 2.19. The standard InChI is InChI=1S/C16H13ClO3/c1-2-19-16(18)8-10-3-5-12-13-9-11(17)4-6-14(13)20-15(12)7-10/h3-7,9H,2,8H2,1H3. The van der Waals surface area contributed by atoms with Crippen LogP contribution in [0.5, 0.6) is 0 Å². The van der Waals surface area contributed by atoms with Gasteiger partial charge in [-0.15, -0.1) is 0 Å². The van der Waals surface area contributed by atoms with E-state index in [1.165, 1.54) is 0 Å². The molecule has 0 atom stereocenters. The van der Waals surface area contributed by atoms with Gasteiger partial charge in [-0.25, -0.2) is 0 Å². The van der Waals surface area contributed by atoms with Crippen molar-refractivity contribution in [3.05, 3.63) is 47.0 Å². The molecule has 0 bridgehead atoms. The maximum absolute atomic E-state index is 11.5. The average Bonchev–Trinajstić information content (AvgIpc) is 2.76. The molecule has 0 saturated carbocycles. The fraction of sp³-hybridized carbons (Fsp3) is 0.188. The summed E-state index contributed by atoms with van der Waals surface area (Å²) >= 11 is 6.01. The molecular weight excluding hydrogens is 276 g/mol.